The summed E-state index contributed by atoms with van der Waals surface area (Å²) in [5.41, 5.74) is 1.95. The number of methoxy groups -OCH3 is 1. The maximum absolute atomic E-state index is 11.0. The smallest absolute Gasteiger partial charge is 0.305 e. The van der Waals surface area contributed by atoms with Gasteiger partial charge in [0.15, 0.2) is 0 Å². The molecular formula is C21H26O2. The fourth-order valence-corrected chi connectivity index (χ4v) is 2.08. The van der Waals surface area contributed by atoms with Gasteiger partial charge in [-0.2, -0.15) is 0 Å². The lowest BCUT2D eigenvalue weighted by atomic mass is 10.1. The van der Waals surface area contributed by atoms with Crippen molar-refractivity contribution in [2.24, 2.45) is 0 Å². The van der Waals surface area contributed by atoms with E-state index in [0.29, 0.717) is 12.8 Å². The van der Waals surface area contributed by atoms with E-state index in [9.17, 15) is 4.79 Å². The number of esters is 1. The summed E-state index contributed by atoms with van der Waals surface area (Å²) in [5.74, 6) is 12.6. The second kappa shape index (κ2) is 12.4. The third kappa shape index (κ3) is 8.74. The molecule has 0 saturated heterocycles. The molecule has 0 aliphatic carbocycles. The molecule has 1 aromatic rings. The van der Waals surface area contributed by atoms with Gasteiger partial charge < -0.3 is 4.74 Å². The van der Waals surface area contributed by atoms with Crippen LogP contribution in [0, 0.1) is 23.7 Å². The van der Waals surface area contributed by atoms with Gasteiger partial charge in [0.2, 0.25) is 0 Å². The molecule has 0 spiro atoms. The molecule has 0 saturated carbocycles. The van der Waals surface area contributed by atoms with E-state index >= 15 is 0 Å². The van der Waals surface area contributed by atoms with Gasteiger partial charge >= 0.3 is 5.97 Å². The Kier molecular flexibility index (Phi) is 10.1. The average Bonchev–Trinajstić information content (AvgIpc) is 2.58. The minimum atomic E-state index is -0.180. The van der Waals surface area contributed by atoms with E-state index in [-0.39, 0.29) is 5.97 Å². The van der Waals surface area contributed by atoms with E-state index in [1.165, 1.54) is 32.8 Å². The Hall–Kier alpha value is -2.19. The van der Waals surface area contributed by atoms with Crippen LogP contribution in [0.2, 0.25) is 0 Å². The summed E-state index contributed by atoms with van der Waals surface area (Å²) in [4.78, 5) is 11.0. The zero-order valence-electron chi connectivity index (χ0n) is 14.3. The van der Waals surface area contributed by atoms with E-state index in [4.69, 9.17) is 0 Å². The van der Waals surface area contributed by atoms with Crippen LogP contribution in [0.5, 0.6) is 0 Å². The van der Waals surface area contributed by atoms with Crippen molar-refractivity contribution in [1.82, 2.24) is 0 Å². The molecule has 0 atom stereocenters. The summed E-state index contributed by atoms with van der Waals surface area (Å²) in [6.07, 6.45) is 7.75. The standard InChI is InChI=1S/C21H26O2/c1-3-4-5-6-7-9-14-19-16-12-13-17-20(19)15-10-8-11-18-21(22)23-2/h12-13,16-17H,3-8,11,18H2,1-2H3. The highest BCUT2D eigenvalue weighted by molar-refractivity contribution is 5.69. The third-order valence-electron chi connectivity index (χ3n) is 3.44. The molecule has 0 heterocycles. The first-order chi connectivity index (χ1) is 11.3. The Labute approximate surface area is 140 Å². The van der Waals surface area contributed by atoms with E-state index < -0.39 is 0 Å². The Morgan fingerprint density at radius 3 is 2.13 bits per heavy atom. The highest BCUT2D eigenvalue weighted by Gasteiger charge is 1.98. The zero-order valence-corrected chi connectivity index (χ0v) is 14.3. The van der Waals surface area contributed by atoms with Gasteiger partial charge in [-0.1, -0.05) is 62.0 Å². The molecule has 0 aliphatic rings. The fourth-order valence-electron chi connectivity index (χ4n) is 2.08. The Bertz CT molecular complexity index is 593. The van der Waals surface area contributed by atoms with Crippen molar-refractivity contribution < 1.29 is 9.53 Å². The van der Waals surface area contributed by atoms with Crippen molar-refractivity contribution in [2.45, 2.75) is 58.3 Å². The molecule has 0 amide bonds. The van der Waals surface area contributed by atoms with Gasteiger partial charge in [0.05, 0.1) is 7.11 Å². The number of hydrogen-bond donors (Lipinski definition) is 0. The third-order valence-corrected chi connectivity index (χ3v) is 3.44. The SMILES string of the molecule is CCCCCCC#Cc1ccccc1C#CCCCC(=O)OC. The molecule has 0 aromatic heterocycles. The molecule has 0 radical (unpaired) electrons. The van der Waals surface area contributed by atoms with Gasteiger partial charge in [-0.15, -0.1) is 0 Å². The fraction of sp³-hybridized carbons (Fsp3) is 0.476. The first-order valence-corrected chi connectivity index (χ1v) is 8.41. The molecule has 122 valence electrons. The molecule has 0 unspecified atom stereocenters. The van der Waals surface area contributed by atoms with Crippen molar-refractivity contribution >= 4 is 5.97 Å². The number of benzene rings is 1. The molecule has 1 aromatic carbocycles. The van der Waals surface area contributed by atoms with E-state index in [0.717, 1.165) is 24.0 Å². The van der Waals surface area contributed by atoms with Crippen LogP contribution in [0.4, 0.5) is 0 Å². The summed E-state index contributed by atoms with van der Waals surface area (Å²) >= 11 is 0. The molecule has 0 aliphatic heterocycles. The second-order valence-electron chi connectivity index (χ2n) is 5.39. The number of carbonyl (C=O) groups excluding carboxylic acids is 1. The summed E-state index contributed by atoms with van der Waals surface area (Å²) in [7, 11) is 1.41. The van der Waals surface area contributed by atoms with E-state index in [2.05, 4.69) is 35.3 Å². The van der Waals surface area contributed by atoms with Gasteiger partial charge in [-0.05, 0) is 25.0 Å². The zero-order chi connectivity index (χ0) is 16.8. The highest BCUT2D eigenvalue weighted by Crippen LogP contribution is 2.07. The molecule has 2 nitrogen and oxygen atoms in total. The van der Waals surface area contributed by atoms with Crippen LogP contribution in [-0.4, -0.2) is 13.1 Å². The van der Waals surface area contributed by atoms with Gasteiger partial charge in [0.25, 0.3) is 0 Å². The number of hydrogen-bond acceptors (Lipinski definition) is 2. The Morgan fingerprint density at radius 2 is 1.57 bits per heavy atom. The van der Waals surface area contributed by atoms with Crippen molar-refractivity contribution in [3.63, 3.8) is 0 Å². The predicted molar refractivity (Wildman–Crippen MR) is 94.8 cm³/mol. The first kappa shape index (κ1) is 18.9. The topological polar surface area (TPSA) is 26.3 Å². The maximum Gasteiger partial charge on any atom is 0.305 e. The van der Waals surface area contributed by atoms with E-state index in [1.54, 1.807) is 0 Å². The van der Waals surface area contributed by atoms with Gasteiger partial charge in [0, 0.05) is 30.4 Å². The molecule has 0 bridgehead atoms. The minimum absolute atomic E-state index is 0.180. The average molecular weight is 310 g/mol. The lowest BCUT2D eigenvalue weighted by Crippen LogP contribution is -1.98. The molecule has 0 fully saturated rings. The van der Waals surface area contributed by atoms with Gasteiger partial charge in [0.1, 0.15) is 0 Å². The van der Waals surface area contributed by atoms with Crippen LogP contribution in [0.15, 0.2) is 24.3 Å². The summed E-state index contributed by atoms with van der Waals surface area (Å²) < 4.78 is 4.61. The quantitative estimate of drug-likeness (QED) is 0.414. The molecule has 1 rings (SSSR count). The molecule has 0 N–H and O–H groups in total. The Morgan fingerprint density at radius 1 is 0.957 bits per heavy atom. The number of ether oxygens (including phenoxy) is 1. The number of rotatable bonds is 7. The van der Waals surface area contributed by atoms with Crippen molar-refractivity contribution in [3.05, 3.63) is 35.4 Å². The Balaban J connectivity index is 2.51. The van der Waals surface area contributed by atoms with Crippen molar-refractivity contribution in [2.75, 3.05) is 7.11 Å². The molecular weight excluding hydrogens is 284 g/mol. The van der Waals surface area contributed by atoms with Gasteiger partial charge in [-0.3, -0.25) is 4.79 Å². The van der Waals surface area contributed by atoms with Crippen LogP contribution in [0.1, 0.15) is 69.4 Å². The summed E-state index contributed by atoms with van der Waals surface area (Å²) in [5, 5.41) is 0. The van der Waals surface area contributed by atoms with E-state index in [1.807, 2.05) is 24.3 Å². The summed E-state index contributed by atoms with van der Waals surface area (Å²) in [6.45, 7) is 2.21. The highest BCUT2D eigenvalue weighted by atomic mass is 16.5. The first-order valence-electron chi connectivity index (χ1n) is 8.41. The lowest BCUT2D eigenvalue weighted by molar-refractivity contribution is -0.140. The predicted octanol–water partition coefficient (Wildman–Crippen LogP) is 4.70. The minimum Gasteiger partial charge on any atom is -0.469 e. The summed E-state index contributed by atoms with van der Waals surface area (Å²) in [6, 6.07) is 7.97. The largest absolute Gasteiger partial charge is 0.469 e. The van der Waals surface area contributed by atoms with Gasteiger partial charge in [-0.25, -0.2) is 0 Å². The monoisotopic (exact) mass is 310 g/mol. The number of unbranched alkanes of at least 4 members (excludes halogenated alkanes) is 5. The normalized spacial score (nSPS) is 9.30. The van der Waals surface area contributed by atoms with Crippen molar-refractivity contribution in [3.8, 4) is 23.7 Å². The molecule has 23 heavy (non-hydrogen) atoms. The van der Waals surface area contributed by atoms with Crippen LogP contribution in [-0.2, 0) is 9.53 Å². The second-order valence-corrected chi connectivity index (χ2v) is 5.39. The van der Waals surface area contributed by atoms with Crippen LogP contribution in [0.25, 0.3) is 0 Å². The molecule has 2 heteroatoms. The van der Waals surface area contributed by atoms with Crippen LogP contribution in [0.3, 0.4) is 0 Å². The van der Waals surface area contributed by atoms with Crippen molar-refractivity contribution in [1.29, 1.82) is 0 Å². The number of carbonyl (C=O) groups is 1. The van der Waals surface area contributed by atoms with Crippen LogP contribution < -0.4 is 0 Å². The lowest BCUT2D eigenvalue weighted by Gasteiger charge is -1.96. The van der Waals surface area contributed by atoms with Crippen LogP contribution >= 0.6 is 0 Å². The maximum atomic E-state index is 11.0.